The van der Waals surface area contributed by atoms with Gasteiger partial charge in [-0.1, -0.05) is 29.8 Å². The molecule has 0 N–H and O–H groups in total. The van der Waals surface area contributed by atoms with Crippen LogP contribution in [0.1, 0.15) is 27.2 Å². The summed E-state index contributed by atoms with van der Waals surface area (Å²) in [5.41, 5.74) is 0.954. The number of hydrogen-bond acceptors (Lipinski definition) is 3. The Balaban J connectivity index is 2.49. The van der Waals surface area contributed by atoms with Gasteiger partial charge in [-0.3, -0.25) is 9.59 Å². The largest absolute Gasteiger partial charge is 0.485 e. The molecule has 0 saturated carbocycles. The molecule has 1 heterocycles. The normalized spacial score (nSPS) is 15.9. The Hall–Kier alpha value is -2.14. The highest BCUT2D eigenvalue weighted by atomic mass is 35.5. The molecule has 1 atom stereocenters. The quantitative estimate of drug-likeness (QED) is 0.473. The Labute approximate surface area is 139 Å². The van der Waals surface area contributed by atoms with Crippen molar-refractivity contribution >= 4 is 29.1 Å². The second kappa shape index (κ2) is 6.54. The van der Waals surface area contributed by atoms with E-state index >= 15 is 0 Å². The molecule has 1 aliphatic heterocycles. The molecule has 1 fully saturated rings. The molecule has 23 heavy (non-hydrogen) atoms. The molecule has 1 aromatic rings. The highest BCUT2D eigenvalue weighted by Gasteiger charge is 2.37. The molecule has 0 radical (unpaired) electrons. The van der Waals surface area contributed by atoms with Gasteiger partial charge in [0.05, 0.1) is 17.1 Å². The van der Waals surface area contributed by atoms with Gasteiger partial charge >= 0.3 is 0 Å². The van der Waals surface area contributed by atoms with Crippen molar-refractivity contribution in [2.24, 2.45) is 0 Å². The average Bonchev–Trinajstić information content (AvgIpc) is 2.77. The van der Waals surface area contributed by atoms with E-state index in [1.807, 2.05) is 0 Å². The van der Waals surface area contributed by atoms with E-state index in [4.69, 9.17) is 16.3 Å². The van der Waals surface area contributed by atoms with Crippen LogP contribution >= 0.6 is 11.6 Å². The van der Waals surface area contributed by atoms with Crippen molar-refractivity contribution in [3.63, 3.8) is 0 Å². The predicted octanol–water partition coefficient (Wildman–Crippen LogP) is 4.03. The summed E-state index contributed by atoms with van der Waals surface area (Å²) >= 11 is 5.96. The first-order valence-corrected chi connectivity index (χ1v) is 7.46. The van der Waals surface area contributed by atoms with Crippen LogP contribution in [-0.2, 0) is 9.59 Å². The van der Waals surface area contributed by atoms with Crippen molar-refractivity contribution in [2.75, 3.05) is 4.90 Å². The van der Waals surface area contributed by atoms with E-state index in [1.165, 1.54) is 6.07 Å². The highest BCUT2D eigenvalue weighted by molar-refractivity contribution is 6.32. The SMILES string of the molecule is C=CC(C)Oc1cc(N2C(=O)CC(=C(C)C)C2=O)c(F)cc1Cl. The van der Waals surface area contributed by atoms with Crippen molar-refractivity contribution in [2.45, 2.75) is 33.3 Å². The minimum Gasteiger partial charge on any atom is -0.485 e. The fourth-order valence-electron chi connectivity index (χ4n) is 2.22. The Morgan fingerprint density at radius 2 is 2.09 bits per heavy atom. The van der Waals surface area contributed by atoms with Crippen LogP contribution in [0.15, 0.2) is 35.9 Å². The number of allylic oxidation sites excluding steroid dienone is 1. The summed E-state index contributed by atoms with van der Waals surface area (Å²) in [5, 5.41) is 0.0569. The van der Waals surface area contributed by atoms with Crippen LogP contribution in [0.5, 0.6) is 5.75 Å². The maximum atomic E-state index is 14.3. The lowest BCUT2D eigenvalue weighted by Gasteiger charge is -2.18. The van der Waals surface area contributed by atoms with Gasteiger partial charge in [0.1, 0.15) is 17.7 Å². The monoisotopic (exact) mass is 337 g/mol. The molecule has 122 valence electrons. The Bertz CT molecular complexity index is 723. The molecule has 6 heteroatoms. The molecule has 1 aliphatic rings. The number of nitrogens with zero attached hydrogens (tertiary/aromatic N) is 1. The number of halogens is 2. The van der Waals surface area contributed by atoms with E-state index in [-0.39, 0.29) is 29.0 Å². The van der Waals surface area contributed by atoms with Gasteiger partial charge in [-0.25, -0.2) is 9.29 Å². The third-order valence-electron chi connectivity index (χ3n) is 3.53. The van der Waals surface area contributed by atoms with Crippen LogP contribution in [-0.4, -0.2) is 17.9 Å². The van der Waals surface area contributed by atoms with Gasteiger partial charge in [-0.05, 0) is 26.8 Å². The number of carbonyl (C=O) groups is 2. The van der Waals surface area contributed by atoms with E-state index in [9.17, 15) is 14.0 Å². The zero-order valence-electron chi connectivity index (χ0n) is 13.2. The van der Waals surface area contributed by atoms with E-state index in [0.717, 1.165) is 16.5 Å². The molecule has 1 saturated heterocycles. The molecule has 1 aromatic carbocycles. The van der Waals surface area contributed by atoms with Crippen molar-refractivity contribution in [3.05, 3.63) is 46.8 Å². The van der Waals surface area contributed by atoms with Gasteiger partial charge in [0.2, 0.25) is 5.91 Å². The second-order valence-corrected chi connectivity index (χ2v) is 5.89. The topological polar surface area (TPSA) is 46.6 Å². The molecule has 0 aromatic heterocycles. The van der Waals surface area contributed by atoms with Gasteiger partial charge in [0, 0.05) is 11.6 Å². The number of ether oxygens (including phenoxy) is 1. The minimum atomic E-state index is -0.759. The smallest absolute Gasteiger partial charge is 0.261 e. The van der Waals surface area contributed by atoms with Gasteiger partial charge in [0.15, 0.2) is 0 Å². The lowest BCUT2D eigenvalue weighted by atomic mass is 10.1. The Morgan fingerprint density at radius 1 is 1.43 bits per heavy atom. The number of carbonyl (C=O) groups excluding carboxylic acids is 2. The number of anilines is 1. The van der Waals surface area contributed by atoms with E-state index in [0.29, 0.717) is 5.57 Å². The lowest BCUT2D eigenvalue weighted by Crippen LogP contribution is -2.30. The molecular weight excluding hydrogens is 321 g/mol. The summed E-state index contributed by atoms with van der Waals surface area (Å²) in [4.78, 5) is 25.3. The first-order valence-electron chi connectivity index (χ1n) is 7.08. The third kappa shape index (κ3) is 3.29. The number of rotatable bonds is 4. The van der Waals surface area contributed by atoms with Gasteiger partial charge in [-0.2, -0.15) is 0 Å². The zero-order valence-corrected chi connectivity index (χ0v) is 13.9. The van der Waals surface area contributed by atoms with Gasteiger partial charge in [0.25, 0.3) is 5.91 Å². The third-order valence-corrected chi connectivity index (χ3v) is 3.82. The van der Waals surface area contributed by atoms with Gasteiger partial charge < -0.3 is 4.74 Å². The molecular formula is C17H17ClFNO3. The fourth-order valence-corrected chi connectivity index (χ4v) is 2.41. The summed E-state index contributed by atoms with van der Waals surface area (Å²) < 4.78 is 19.8. The van der Waals surface area contributed by atoms with Crippen LogP contribution in [0, 0.1) is 5.82 Å². The first-order chi connectivity index (χ1) is 10.8. The van der Waals surface area contributed by atoms with Crippen molar-refractivity contribution in [1.82, 2.24) is 0 Å². The molecule has 2 amide bonds. The molecule has 0 aliphatic carbocycles. The Morgan fingerprint density at radius 3 is 2.61 bits per heavy atom. The van der Waals surface area contributed by atoms with Crippen LogP contribution in [0.4, 0.5) is 10.1 Å². The summed E-state index contributed by atoms with van der Waals surface area (Å²) in [6.07, 6.45) is 1.15. The number of hydrogen-bond donors (Lipinski definition) is 0. The summed E-state index contributed by atoms with van der Waals surface area (Å²) in [5.74, 6) is -1.57. The summed E-state index contributed by atoms with van der Waals surface area (Å²) in [6, 6.07) is 2.30. The highest BCUT2D eigenvalue weighted by Crippen LogP contribution is 2.36. The van der Waals surface area contributed by atoms with Crippen LogP contribution in [0.2, 0.25) is 5.02 Å². The maximum Gasteiger partial charge on any atom is 0.261 e. The number of imide groups is 1. The Kier molecular flexibility index (Phi) is 4.90. The zero-order chi connectivity index (χ0) is 17.3. The van der Waals surface area contributed by atoms with Crippen molar-refractivity contribution in [3.8, 4) is 5.75 Å². The van der Waals surface area contributed by atoms with E-state index in [1.54, 1.807) is 26.8 Å². The summed E-state index contributed by atoms with van der Waals surface area (Å²) in [7, 11) is 0. The van der Waals surface area contributed by atoms with E-state index in [2.05, 4.69) is 6.58 Å². The average molecular weight is 338 g/mol. The van der Waals surface area contributed by atoms with Crippen LogP contribution < -0.4 is 9.64 Å². The van der Waals surface area contributed by atoms with Crippen molar-refractivity contribution < 1.29 is 18.7 Å². The van der Waals surface area contributed by atoms with Crippen molar-refractivity contribution in [1.29, 1.82) is 0 Å². The fraction of sp³-hybridized carbons (Fsp3) is 0.294. The summed E-state index contributed by atoms with van der Waals surface area (Å²) in [6.45, 7) is 8.80. The molecule has 0 spiro atoms. The number of amides is 2. The molecule has 1 unspecified atom stereocenters. The van der Waals surface area contributed by atoms with E-state index < -0.39 is 17.6 Å². The van der Waals surface area contributed by atoms with Crippen LogP contribution in [0.3, 0.4) is 0 Å². The maximum absolute atomic E-state index is 14.3. The minimum absolute atomic E-state index is 0.0392. The van der Waals surface area contributed by atoms with Crippen LogP contribution in [0.25, 0.3) is 0 Å². The predicted molar refractivity (Wildman–Crippen MR) is 87.2 cm³/mol. The van der Waals surface area contributed by atoms with Gasteiger partial charge in [-0.15, -0.1) is 0 Å². The molecule has 2 rings (SSSR count). The number of benzene rings is 1. The second-order valence-electron chi connectivity index (χ2n) is 5.48. The lowest BCUT2D eigenvalue weighted by molar-refractivity contribution is -0.120. The molecule has 0 bridgehead atoms. The first kappa shape index (κ1) is 17.2. The molecule has 4 nitrogen and oxygen atoms in total. The standard InChI is InChI=1S/C17H17ClFNO3/c1-5-10(4)23-15-8-14(13(19)7-12(15)18)20-16(21)6-11(9(2)3)17(20)22/h5,7-8,10H,1,6H2,2-4H3.